The Kier molecular flexibility index (Phi) is 8.11. The van der Waals surface area contributed by atoms with Crippen LogP contribution in [0, 0.1) is 31.6 Å². The molecule has 0 spiro atoms. The number of hydrogen-bond donors (Lipinski definition) is 0. The average Bonchev–Trinajstić information content (AvgIpc) is 3.94. The molecule has 5 aliphatic carbocycles. The first kappa shape index (κ1) is 40.1. The number of benzene rings is 6. The number of nitrogens with zero attached hydrogens (tertiary/aromatic N) is 2. The quantitative estimate of drug-likeness (QED) is 0.126. The van der Waals surface area contributed by atoms with Crippen molar-refractivity contribution in [2.75, 3.05) is 4.90 Å². The molecule has 2 nitrogen and oxygen atoms in total. The number of hydrogen-bond acceptors (Lipinski definition) is 1. The summed E-state index contributed by atoms with van der Waals surface area (Å²) in [5, 5.41) is 5.65. The first-order chi connectivity index (χ1) is 31.7. The van der Waals surface area contributed by atoms with Gasteiger partial charge in [-0.3, -0.25) is 0 Å². The average molecular weight is 863 g/mol. The minimum Gasteiger partial charge on any atom is -0.375 e. The summed E-state index contributed by atoms with van der Waals surface area (Å²) in [7, 11) is 0. The van der Waals surface area contributed by atoms with Gasteiger partial charge in [0.15, 0.2) is 0 Å². The van der Waals surface area contributed by atoms with Crippen LogP contribution < -0.4 is 15.8 Å². The lowest BCUT2D eigenvalue weighted by Gasteiger charge is -2.45. The van der Waals surface area contributed by atoms with Gasteiger partial charge in [0.1, 0.15) is 0 Å². The SMILES string of the molecule is CCC1(c2cc3c4c(c2)c2cc(C56CC=C(CC(C)C5)C6)ccc2n4B2c4c-3cc(C)cc4N(c3cc4c(cc3C)C(C)(C)CCC4(C)C)c3ccc4ccccc4c32)CC2CCC(C2)C1. The third-order valence-electron chi connectivity index (χ3n) is 19.7. The highest BCUT2D eigenvalue weighted by Crippen LogP contribution is 2.58. The maximum atomic E-state index is 2.87. The third kappa shape index (κ3) is 5.33. The van der Waals surface area contributed by atoms with Gasteiger partial charge in [0.25, 0.3) is 0 Å². The van der Waals surface area contributed by atoms with E-state index in [1.165, 1.54) is 171 Å². The molecule has 332 valence electrons. The van der Waals surface area contributed by atoms with Crippen molar-refractivity contribution in [2.45, 2.75) is 154 Å². The lowest BCUT2D eigenvalue weighted by Crippen LogP contribution is -2.57. The molecule has 4 atom stereocenters. The predicted octanol–water partition coefficient (Wildman–Crippen LogP) is 15.6. The molecule has 4 unspecified atom stereocenters. The summed E-state index contributed by atoms with van der Waals surface area (Å²) >= 11 is 0. The second-order valence-electron chi connectivity index (χ2n) is 24.8. The molecule has 2 aliphatic heterocycles. The van der Waals surface area contributed by atoms with Crippen LogP contribution in [0.2, 0.25) is 0 Å². The van der Waals surface area contributed by atoms with Gasteiger partial charge in [-0.1, -0.05) is 115 Å². The van der Waals surface area contributed by atoms with Gasteiger partial charge in [-0.15, -0.1) is 0 Å². The molecule has 66 heavy (non-hydrogen) atoms. The normalized spacial score (nSPS) is 27.3. The van der Waals surface area contributed by atoms with E-state index in [4.69, 9.17) is 0 Å². The molecular weight excluding hydrogens is 796 g/mol. The molecule has 0 N–H and O–H groups in total. The van der Waals surface area contributed by atoms with Gasteiger partial charge >= 0.3 is 6.85 Å². The number of rotatable bonds is 4. The first-order valence-electron chi connectivity index (χ1n) is 26.2. The van der Waals surface area contributed by atoms with Crippen molar-refractivity contribution in [2.24, 2.45) is 17.8 Å². The summed E-state index contributed by atoms with van der Waals surface area (Å²) in [6.45, 7) is 19.7. The van der Waals surface area contributed by atoms with E-state index in [-0.39, 0.29) is 28.5 Å². The molecule has 14 rings (SSSR count). The van der Waals surface area contributed by atoms with Crippen LogP contribution in [0.3, 0.4) is 0 Å². The first-order valence-corrected chi connectivity index (χ1v) is 26.2. The van der Waals surface area contributed by atoms with Crippen molar-refractivity contribution >= 4 is 67.4 Å². The Labute approximate surface area is 394 Å². The molecule has 3 heterocycles. The summed E-state index contributed by atoms with van der Waals surface area (Å²) in [4.78, 5) is 2.73. The van der Waals surface area contributed by atoms with Crippen molar-refractivity contribution in [1.82, 2.24) is 4.48 Å². The van der Waals surface area contributed by atoms with E-state index in [9.17, 15) is 0 Å². The molecule has 6 aromatic carbocycles. The van der Waals surface area contributed by atoms with Crippen LogP contribution in [-0.4, -0.2) is 11.3 Å². The third-order valence-corrected chi connectivity index (χ3v) is 19.7. The van der Waals surface area contributed by atoms with Gasteiger partial charge < -0.3 is 9.38 Å². The minimum atomic E-state index is 0.0312. The Morgan fingerprint density at radius 2 is 1.44 bits per heavy atom. The van der Waals surface area contributed by atoms with Gasteiger partial charge in [0, 0.05) is 49.8 Å². The zero-order chi connectivity index (χ0) is 44.8. The molecule has 3 saturated carbocycles. The number of fused-ring (bicyclic) bond motifs is 14. The Bertz CT molecular complexity index is 3310. The van der Waals surface area contributed by atoms with Crippen LogP contribution in [0.15, 0.2) is 103 Å². The fourth-order valence-corrected chi connectivity index (χ4v) is 16.5. The van der Waals surface area contributed by atoms with E-state index in [2.05, 4.69) is 162 Å². The highest BCUT2D eigenvalue weighted by Gasteiger charge is 2.49. The lowest BCUT2D eigenvalue weighted by atomic mass is 9.44. The number of anilines is 3. The molecule has 1 aromatic heterocycles. The van der Waals surface area contributed by atoms with E-state index in [1.54, 1.807) is 16.7 Å². The molecule has 3 heteroatoms. The topological polar surface area (TPSA) is 8.17 Å². The van der Waals surface area contributed by atoms with Crippen LogP contribution in [0.5, 0.6) is 0 Å². The van der Waals surface area contributed by atoms with Gasteiger partial charge in [-0.05, 0) is 215 Å². The zero-order valence-electron chi connectivity index (χ0n) is 40.9. The fourth-order valence-electron chi connectivity index (χ4n) is 16.5. The van der Waals surface area contributed by atoms with E-state index < -0.39 is 0 Å². The molecular formula is C63H67BN2. The van der Waals surface area contributed by atoms with Crippen LogP contribution in [0.25, 0.3) is 43.7 Å². The molecule has 3 fully saturated rings. The smallest absolute Gasteiger partial charge is 0.333 e. The summed E-state index contributed by atoms with van der Waals surface area (Å²) < 4.78 is 2.87. The van der Waals surface area contributed by atoms with Crippen molar-refractivity contribution in [1.29, 1.82) is 0 Å². The van der Waals surface area contributed by atoms with Gasteiger partial charge in [-0.2, -0.15) is 0 Å². The Hall–Kier alpha value is -5.02. The highest BCUT2D eigenvalue weighted by atomic mass is 15.2. The fraction of sp³-hybridized carbons (Fsp3) is 0.429. The van der Waals surface area contributed by atoms with Crippen molar-refractivity contribution in [3.05, 3.63) is 136 Å². The van der Waals surface area contributed by atoms with Crippen molar-refractivity contribution in [3.63, 3.8) is 0 Å². The van der Waals surface area contributed by atoms with E-state index >= 15 is 0 Å². The summed E-state index contributed by atoms with van der Waals surface area (Å²) in [5.41, 5.74) is 24.1. The van der Waals surface area contributed by atoms with Crippen molar-refractivity contribution < 1.29 is 0 Å². The van der Waals surface area contributed by atoms with E-state index in [0.29, 0.717) is 0 Å². The zero-order valence-corrected chi connectivity index (χ0v) is 40.9. The second kappa shape index (κ2) is 13.4. The number of aromatic nitrogens is 1. The second-order valence-corrected chi connectivity index (χ2v) is 24.8. The Morgan fingerprint density at radius 1 is 0.682 bits per heavy atom. The molecule has 4 bridgehead atoms. The van der Waals surface area contributed by atoms with Crippen LogP contribution in [0.4, 0.5) is 17.1 Å². The molecule has 7 aromatic rings. The lowest BCUT2D eigenvalue weighted by molar-refractivity contribution is 0.207. The maximum Gasteiger partial charge on any atom is 0.333 e. The Morgan fingerprint density at radius 3 is 2.23 bits per heavy atom. The van der Waals surface area contributed by atoms with Crippen LogP contribution in [0.1, 0.15) is 152 Å². The van der Waals surface area contributed by atoms with Gasteiger partial charge in [-0.25, -0.2) is 0 Å². The summed E-state index contributed by atoms with van der Waals surface area (Å²) in [6.07, 6.45) is 18.2. The Balaban J connectivity index is 1.10. The molecule has 0 radical (unpaired) electrons. The van der Waals surface area contributed by atoms with Gasteiger partial charge in [0.05, 0.1) is 0 Å². The highest BCUT2D eigenvalue weighted by molar-refractivity contribution is 6.91. The number of aryl methyl sites for hydroxylation is 2. The van der Waals surface area contributed by atoms with Gasteiger partial charge in [0.2, 0.25) is 0 Å². The molecule has 0 saturated heterocycles. The van der Waals surface area contributed by atoms with Crippen LogP contribution >= 0.6 is 0 Å². The summed E-state index contributed by atoms with van der Waals surface area (Å²) in [5.74, 6) is 2.47. The van der Waals surface area contributed by atoms with E-state index in [1.807, 2.05) is 0 Å². The van der Waals surface area contributed by atoms with E-state index in [0.717, 1.165) is 17.8 Å². The molecule has 7 aliphatic rings. The van der Waals surface area contributed by atoms with Crippen molar-refractivity contribution in [3.8, 4) is 11.1 Å². The monoisotopic (exact) mass is 863 g/mol. The standard InChI is InChI=1S/C63H67BN2/c1-9-62(34-40-14-15-41(28-40)35-62)45-30-49-47-29-44(63-21-20-42(36-63)24-38(3)33-63)17-19-53(47)66-59(49)50(31-45)48-25-37(2)26-56-58(48)64(66)57-46-13-11-10-12-43(46)16-18-54(57)65(56)55-32-52-51(27-39(55)4)60(5,6)22-23-61(52,7)8/h10-13,16-20,25-27,29-32,38,40-41H,9,14-15,21-24,28,33-36H2,1-8H3. The predicted molar refractivity (Wildman–Crippen MR) is 282 cm³/mol. The minimum absolute atomic E-state index is 0.0312. The number of allylic oxidation sites excluding steroid dienone is 2. The largest absolute Gasteiger partial charge is 0.375 e. The summed E-state index contributed by atoms with van der Waals surface area (Å²) in [6, 6.07) is 37.9. The van der Waals surface area contributed by atoms with Crippen LogP contribution in [-0.2, 0) is 21.7 Å². The molecule has 0 amide bonds. The maximum absolute atomic E-state index is 2.87.